The lowest BCUT2D eigenvalue weighted by atomic mass is 10.1. The molecule has 0 heterocycles. The van der Waals surface area contributed by atoms with Crippen molar-refractivity contribution < 1.29 is 13.2 Å². The van der Waals surface area contributed by atoms with E-state index >= 15 is 0 Å². The lowest BCUT2D eigenvalue weighted by Gasteiger charge is -2.30. The van der Waals surface area contributed by atoms with Gasteiger partial charge in [-0.3, -0.25) is 9.10 Å². The molecule has 0 aliphatic heterocycles. The van der Waals surface area contributed by atoms with E-state index in [4.69, 9.17) is 23.2 Å². The van der Waals surface area contributed by atoms with Crippen LogP contribution in [0.2, 0.25) is 10.0 Å². The van der Waals surface area contributed by atoms with Crippen molar-refractivity contribution in [1.29, 1.82) is 0 Å². The zero-order valence-electron chi connectivity index (χ0n) is 15.4. The van der Waals surface area contributed by atoms with Gasteiger partial charge in [0.1, 0.15) is 6.04 Å². The zero-order valence-corrected chi connectivity index (χ0v) is 17.7. The minimum absolute atomic E-state index is 0.257. The normalized spacial score (nSPS) is 12.5. The molecule has 0 radical (unpaired) electrons. The Labute approximate surface area is 170 Å². The monoisotopic (exact) mass is 428 g/mol. The van der Waals surface area contributed by atoms with Gasteiger partial charge in [0.25, 0.3) is 0 Å². The van der Waals surface area contributed by atoms with Crippen molar-refractivity contribution in [2.75, 3.05) is 10.6 Å². The molecule has 27 heavy (non-hydrogen) atoms. The van der Waals surface area contributed by atoms with Crippen LogP contribution < -0.4 is 9.62 Å². The first-order valence-electron chi connectivity index (χ1n) is 8.41. The summed E-state index contributed by atoms with van der Waals surface area (Å²) in [4.78, 5) is 12.8. The Morgan fingerprint density at radius 3 is 2.26 bits per heavy atom. The van der Waals surface area contributed by atoms with Crippen LogP contribution in [-0.2, 0) is 21.4 Å². The van der Waals surface area contributed by atoms with Crippen LogP contribution in [0.3, 0.4) is 0 Å². The molecule has 0 fully saturated rings. The maximum atomic E-state index is 12.8. The highest BCUT2D eigenvalue weighted by molar-refractivity contribution is 7.92. The molecule has 0 aliphatic rings. The van der Waals surface area contributed by atoms with E-state index < -0.39 is 16.1 Å². The van der Waals surface area contributed by atoms with E-state index in [0.29, 0.717) is 16.6 Å². The van der Waals surface area contributed by atoms with Gasteiger partial charge in [-0.2, -0.15) is 0 Å². The van der Waals surface area contributed by atoms with Crippen molar-refractivity contribution in [3.05, 3.63) is 63.6 Å². The summed E-state index contributed by atoms with van der Waals surface area (Å²) in [5.41, 5.74) is 2.28. The van der Waals surface area contributed by atoms with Crippen LogP contribution in [0.5, 0.6) is 0 Å². The summed E-state index contributed by atoms with van der Waals surface area (Å²) in [6.07, 6.45) is 1.34. The molecule has 2 aromatic carbocycles. The highest BCUT2D eigenvalue weighted by atomic mass is 35.5. The number of sulfonamides is 1. The molecular weight excluding hydrogens is 407 g/mol. The molecule has 0 spiro atoms. The number of anilines is 1. The topological polar surface area (TPSA) is 66.5 Å². The maximum Gasteiger partial charge on any atom is 0.244 e. The molecule has 146 valence electrons. The van der Waals surface area contributed by atoms with E-state index in [1.807, 2.05) is 31.2 Å². The van der Waals surface area contributed by atoms with Crippen molar-refractivity contribution in [2.45, 2.75) is 32.9 Å². The maximum absolute atomic E-state index is 12.8. The quantitative estimate of drug-likeness (QED) is 0.719. The molecule has 1 atom stereocenters. The molecular formula is C19H22Cl2N2O3S. The Morgan fingerprint density at radius 2 is 1.74 bits per heavy atom. The number of benzene rings is 2. The Kier molecular flexibility index (Phi) is 7.14. The fourth-order valence-corrected chi connectivity index (χ4v) is 4.55. The van der Waals surface area contributed by atoms with Crippen molar-refractivity contribution in [1.82, 2.24) is 5.32 Å². The average Bonchev–Trinajstić information content (AvgIpc) is 2.56. The summed E-state index contributed by atoms with van der Waals surface area (Å²) in [7, 11) is -3.74. The van der Waals surface area contributed by atoms with Crippen molar-refractivity contribution in [2.24, 2.45) is 0 Å². The second kappa shape index (κ2) is 8.95. The first kappa shape index (κ1) is 21.5. The van der Waals surface area contributed by atoms with E-state index in [0.717, 1.165) is 21.7 Å². The molecule has 0 aliphatic carbocycles. The van der Waals surface area contributed by atoms with Crippen LogP contribution in [0.25, 0.3) is 0 Å². The Balaban J connectivity index is 2.32. The van der Waals surface area contributed by atoms with E-state index in [9.17, 15) is 13.2 Å². The highest BCUT2D eigenvalue weighted by Crippen LogP contribution is 2.29. The molecule has 1 unspecified atom stereocenters. The van der Waals surface area contributed by atoms with Gasteiger partial charge in [0.05, 0.1) is 11.9 Å². The van der Waals surface area contributed by atoms with Gasteiger partial charge < -0.3 is 5.32 Å². The van der Waals surface area contributed by atoms with E-state index in [-0.39, 0.29) is 18.0 Å². The summed E-state index contributed by atoms with van der Waals surface area (Å²) in [5, 5.41) is 3.42. The minimum atomic E-state index is -3.74. The molecule has 2 aromatic rings. The first-order chi connectivity index (χ1) is 12.6. The Morgan fingerprint density at radius 1 is 1.15 bits per heavy atom. The van der Waals surface area contributed by atoms with E-state index in [2.05, 4.69) is 5.32 Å². The number of nitrogens with one attached hydrogen (secondary N) is 1. The van der Waals surface area contributed by atoms with Gasteiger partial charge in [0, 0.05) is 16.6 Å². The van der Waals surface area contributed by atoms with Gasteiger partial charge >= 0.3 is 0 Å². The van der Waals surface area contributed by atoms with Gasteiger partial charge in [0.2, 0.25) is 15.9 Å². The molecule has 2 rings (SSSR count). The number of amides is 1. The van der Waals surface area contributed by atoms with E-state index in [1.54, 1.807) is 6.92 Å². The fourth-order valence-electron chi connectivity index (χ4n) is 2.84. The van der Waals surface area contributed by atoms with Crippen LogP contribution >= 0.6 is 23.2 Å². The Bertz CT molecular complexity index is 912. The Hall–Kier alpha value is -1.76. The van der Waals surface area contributed by atoms with Crippen molar-refractivity contribution >= 4 is 44.8 Å². The van der Waals surface area contributed by atoms with E-state index in [1.165, 1.54) is 18.2 Å². The third kappa shape index (κ3) is 5.61. The zero-order chi connectivity index (χ0) is 20.2. The molecule has 0 bridgehead atoms. The lowest BCUT2D eigenvalue weighted by Crippen LogP contribution is -2.49. The van der Waals surface area contributed by atoms with Crippen LogP contribution in [0, 0.1) is 6.92 Å². The highest BCUT2D eigenvalue weighted by Gasteiger charge is 2.31. The van der Waals surface area contributed by atoms with Crippen molar-refractivity contribution in [3.8, 4) is 0 Å². The smallest absolute Gasteiger partial charge is 0.244 e. The predicted octanol–water partition coefficient (Wildman–Crippen LogP) is 4.16. The van der Waals surface area contributed by atoms with Crippen molar-refractivity contribution in [3.63, 3.8) is 0 Å². The number of halogens is 2. The second-order valence-corrected chi connectivity index (χ2v) is 8.99. The second-order valence-electron chi connectivity index (χ2n) is 6.25. The van der Waals surface area contributed by atoms with Crippen LogP contribution in [0.1, 0.15) is 24.5 Å². The van der Waals surface area contributed by atoms with Gasteiger partial charge in [-0.15, -0.1) is 0 Å². The van der Waals surface area contributed by atoms with Crippen LogP contribution in [0.15, 0.2) is 42.5 Å². The molecule has 0 saturated carbocycles. The number of carbonyl (C=O) groups excluding carboxylic acids is 1. The number of rotatable bonds is 7. The molecule has 8 heteroatoms. The largest absolute Gasteiger partial charge is 0.350 e. The SMILES string of the molecule is CCC(C(=O)NCc1ccccc1C)N(c1cc(Cl)cc(Cl)c1)S(C)(=O)=O. The number of hydrogen-bond acceptors (Lipinski definition) is 3. The van der Waals surface area contributed by atoms with Gasteiger partial charge in [-0.05, 0) is 42.7 Å². The predicted molar refractivity (Wildman–Crippen MR) is 111 cm³/mol. The molecule has 1 amide bonds. The fraction of sp³-hybridized carbons (Fsp3) is 0.316. The molecule has 5 nitrogen and oxygen atoms in total. The molecule has 0 aromatic heterocycles. The molecule has 1 N–H and O–H groups in total. The average molecular weight is 429 g/mol. The summed E-state index contributed by atoms with van der Waals surface area (Å²) >= 11 is 12.0. The molecule has 0 saturated heterocycles. The van der Waals surface area contributed by atoms with Gasteiger partial charge in [-0.25, -0.2) is 8.42 Å². The third-order valence-electron chi connectivity index (χ3n) is 4.15. The standard InChI is InChI=1S/C19H22Cl2N2O3S/c1-4-18(19(24)22-12-14-8-6-5-7-13(14)2)23(27(3,25)26)17-10-15(20)9-16(21)11-17/h5-11,18H,4,12H2,1-3H3,(H,22,24). The summed E-state index contributed by atoms with van der Waals surface area (Å²) in [5.74, 6) is -0.387. The third-order valence-corrected chi connectivity index (χ3v) is 5.76. The number of aryl methyl sites for hydroxylation is 1. The number of carbonyl (C=O) groups is 1. The van der Waals surface area contributed by atoms with Crippen LogP contribution in [0.4, 0.5) is 5.69 Å². The van der Waals surface area contributed by atoms with Gasteiger partial charge in [0.15, 0.2) is 0 Å². The number of hydrogen-bond donors (Lipinski definition) is 1. The minimum Gasteiger partial charge on any atom is -0.350 e. The summed E-state index contributed by atoms with van der Waals surface area (Å²) < 4.78 is 26.0. The lowest BCUT2D eigenvalue weighted by molar-refractivity contribution is -0.122. The summed E-state index contributed by atoms with van der Waals surface area (Å²) in [6.45, 7) is 4.02. The first-order valence-corrected chi connectivity index (χ1v) is 11.0. The summed E-state index contributed by atoms with van der Waals surface area (Å²) in [6, 6.07) is 11.2. The number of nitrogens with zero attached hydrogens (tertiary/aromatic N) is 1. The van der Waals surface area contributed by atoms with Crippen LogP contribution in [-0.4, -0.2) is 26.6 Å². The van der Waals surface area contributed by atoms with Gasteiger partial charge in [-0.1, -0.05) is 54.4 Å².